The van der Waals surface area contributed by atoms with Gasteiger partial charge in [0.05, 0.1) is 21.2 Å². The fourth-order valence-corrected chi connectivity index (χ4v) is 4.73. The van der Waals surface area contributed by atoms with Crippen molar-refractivity contribution in [1.82, 2.24) is 4.72 Å². The second-order valence-electron chi connectivity index (χ2n) is 6.98. The van der Waals surface area contributed by atoms with Crippen LogP contribution in [0.4, 0.5) is 10.1 Å². The van der Waals surface area contributed by atoms with Crippen molar-refractivity contribution in [2.24, 2.45) is 0 Å². The molecular formula is C21H21Cl2FN2O3S. The maximum atomic E-state index is 14.5. The van der Waals surface area contributed by atoms with E-state index in [1.807, 2.05) is 0 Å². The zero-order valence-electron chi connectivity index (χ0n) is 16.1. The van der Waals surface area contributed by atoms with Crippen LogP contribution in [0.2, 0.25) is 10.0 Å². The summed E-state index contributed by atoms with van der Waals surface area (Å²) in [6.07, 6.45) is 7.10. The Morgan fingerprint density at radius 3 is 2.57 bits per heavy atom. The van der Waals surface area contributed by atoms with Crippen LogP contribution in [0.25, 0.3) is 0 Å². The Morgan fingerprint density at radius 2 is 1.90 bits per heavy atom. The molecule has 30 heavy (non-hydrogen) atoms. The molecule has 0 saturated heterocycles. The predicted molar refractivity (Wildman–Crippen MR) is 117 cm³/mol. The molecule has 2 aromatic rings. The molecule has 0 aromatic heterocycles. The maximum absolute atomic E-state index is 14.5. The second-order valence-corrected chi connectivity index (χ2v) is 9.59. The summed E-state index contributed by atoms with van der Waals surface area (Å²) in [6, 6.07) is 7.63. The normalized spacial score (nSPS) is 14.3. The minimum Gasteiger partial charge on any atom is -0.319 e. The lowest BCUT2D eigenvalue weighted by atomic mass is 9.97. The third kappa shape index (κ3) is 5.82. The largest absolute Gasteiger partial charge is 0.319 e. The Bertz CT molecular complexity index is 1090. The number of carbonyl (C=O) groups is 1. The minimum atomic E-state index is -3.86. The van der Waals surface area contributed by atoms with Gasteiger partial charge in [-0.3, -0.25) is 4.79 Å². The molecule has 0 spiro atoms. The molecule has 0 heterocycles. The summed E-state index contributed by atoms with van der Waals surface area (Å²) in [6.45, 7) is 0.253. The summed E-state index contributed by atoms with van der Waals surface area (Å²) in [5.74, 6) is -1.50. The molecule has 9 heteroatoms. The highest BCUT2D eigenvalue weighted by Gasteiger charge is 2.18. The number of sulfonamides is 1. The molecule has 0 unspecified atom stereocenters. The van der Waals surface area contributed by atoms with Gasteiger partial charge in [-0.05, 0) is 68.5 Å². The number of halogens is 3. The van der Waals surface area contributed by atoms with Gasteiger partial charge in [0.1, 0.15) is 5.82 Å². The van der Waals surface area contributed by atoms with Gasteiger partial charge in [0.2, 0.25) is 10.0 Å². The molecule has 5 nitrogen and oxygen atoms in total. The monoisotopic (exact) mass is 470 g/mol. The van der Waals surface area contributed by atoms with Crippen LogP contribution >= 0.6 is 23.2 Å². The van der Waals surface area contributed by atoms with Gasteiger partial charge in [0, 0.05) is 11.6 Å². The Morgan fingerprint density at radius 1 is 1.10 bits per heavy atom. The van der Waals surface area contributed by atoms with Gasteiger partial charge in [-0.1, -0.05) is 34.9 Å². The molecule has 0 bridgehead atoms. The van der Waals surface area contributed by atoms with Crippen molar-refractivity contribution in [2.45, 2.75) is 37.0 Å². The van der Waals surface area contributed by atoms with E-state index in [2.05, 4.69) is 16.1 Å². The molecule has 2 N–H and O–H groups in total. The molecule has 3 rings (SSSR count). The molecule has 1 aliphatic rings. The molecule has 160 valence electrons. The van der Waals surface area contributed by atoms with Crippen molar-refractivity contribution in [1.29, 1.82) is 0 Å². The number of benzene rings is 2. The number of nitrogens with one attached hydrogen (secondary N) is 2. The summed E-state index contributed by atoms with van der Waals surface area (Å²) in [5, 5.41) is 2.87. The smallest absolute Gasteiger partial charge is 0.257 e. The van der Waals surface area contributed by atoms with Crippen LogP contribution in [0.5, 0.6) is 0 Å². The van der Waals surface area contributed by atoms with E-state index in [-0.39, 0.29) is 27.7 Å². The molecule has 0 saturated carbocycles. The van der Waals surface area contributed by atoms with Crippen molar-refractivity contribution in [3.05, 3.63) is 69.5 Å². The number of hydrogen-bond acceptors (Lipinski definition) is 3. The standard InChI is InChI=1S/C21H21Cl2FN2O3S/c22-15-6-8-17(18(23)12-15)21(27)26-20-9-7-16(13-19(20)24)30(28,29)25-11-10-14-4-2-1-3-5-14/h4,6-9,12-13,25H,1-3,5,10-11H2,(H,26,27). The molecule has 1 amide bonds. The highest BCUT2D eigenvalue weighted by molar-refractivity contribution is 7.89. The zero-order chi connectivity index (χ0) is 21.7. The van der Waals surface area contributed by atoms with Crippen LogP contribution in [0.1, 0.15) is 42.5 Å². The summed E-state index contributed by atoms with van der Waals surface area (Å²) < 4.78 is 41.8. The lowest BCUT2D eigenvalue weighted by Crippen LogP contribution is -2.25. The highest BCUT2D eigenvalue weighted by atomic mass is 35.5. The first-order valence-electron chi connectivity index (χ1n) is 9.50. The van der Waals surface area contributed by atoms with Gasteiger partial charge in [0.15, 0.2) is 0 Å². The fourth-order valence-electron chi connectivity index (χ4n) is 3.19. The van der Waals surface area contributed by atoms with Gasteiger partial charge in [0.25, 0.3) is 5.91 Å². The summed E-state index contributed by atoms with van der Waals surface area (Å²) in [7, 11) is -3.86. The van der Waals surface area contributed by atoms with Crippen molar-refractivity contribution < 1.29 is 17.6 Å². The first-order valence-corrected chi connectivity index (χ1v) is 11.7. The second kappa shape index (κ2) is 9.92. The zero-order valence-corrected chi connectivity index (χ0v) is 18.4. The van der Waals surface area contributed by atoms with Gasteiger partial charge in [-0.25, -0.2) is 17.5 Å². The number of anilines is 1. The third-order valence-electron chi connectivity index (χ3n) is 4.80. The topological polar surface area (TPSA) is 75.3 Å². The van der Waals surface area contributed by atoms with Crippen LogP contribution in [0, 0.1) is 5.82 Å². The van der Waals surface area contributed by atoms with E-state index in [0.717, 1.165) is 25.3 Å². The predicted octanol–water partition coefficient (Wildman–Crippen LogP) is 5.55. The Hall–Kier alpha value is -1.93. The summed E-state index contributed by atoms with van der Waals surface area (Å²) >= 11 is 11.8. The van der Waals surface area contributed by atoms with E-state index in [1.165, 1.54) is 42.3 Å². The molecule has 0 aliphatic heterocycles. The van der Waals surface area contributed by atoms with Crippen molar-refractivity contribution in [3.63, 3.8) is 0 Å². The highest BCUT2D eigenvalue weighted by Crippen LogP contribution is 2.24. The van der Waals surface area contributed by atoms with E-state index in [0.29, 0.717) is 11.4 Å². The molecule has 0 atom stereocenters. The quantitative estimate of drug-likeness (QED) is 0.520. The van der Waals surface area contributed by atoms with Gasteiger partial charge in [-0.15, -0.1) is 0 Å². The minimum absolute atomic E-state index is 0.121. The first kappa shape index (κ1) is 22.7. The lowest BCUT2D eigenvalue weighted by Gasteiger charge is -2.13. The van der Waals surface area contributed by atoms with Crippen molar-refractivity contribution in [3.8, 4) is 0 Å². The number of amides is 1. The lowest BCUT2D eigenvalue weighted by molar-refractivity contribution is 0.102. The third-order valence-corrected chi connectivity index (χ3v) is 6.80. The maximum Gasteiger partial charge on any atom is 0.257 e. The molecule has 0 fully saturated rings. The number of hydrogen-bond donors (Lipinski definition) is 2. The molecule has 1 aliphatic carbocycles. The first-order chi connectivity index (χ1) is 14.3. The Balaban J connectivity index is 1.66. The van der Waals surface area contributed by atoms with Crippen LogP contribution < -0.4 is 10.0 Å². The average molecular weight is 471 g/mol. The van der Waals surface area contributed by atoms with E-state index < -0.39 is 21.7 Å². The average Bonchev–Trinajstić information content (AvgIpc) is 2.70. The van der Waals surface area contributed by atoms with Crippen LogP contribution in [0.3, 0.4) is 0 Å². The summed E-state index contributed by atoms with van der Waals surface area (Å²) in [5.41, 5.74) is 1.21. The van der Waals surface area contributed by atoms with Crippen molar-refractivity contribution in [2.75, 3.05) is 11.9 Å². The summed E-state index contributed by atoms with van der Waals surface area (Å²) in [4.78, 5) is 12.1. The molecule has 2 aromatic carbocycles. The fraction of sp³-hybridized carbons (Fsp3) is 0.286. The number of allylic oxidation sites excluding steroid dienone is 1. The van der Waals surface area contributed by atoms with E-state index in [4.69, 9.17) is 23.2 Å². The van der Waals surface area contributed by atoms with Gasteiger partial charge >= 0.3 is 0 Å². The number of carbonyl (C=O) groups excluding carboxylic acids is 1. The van der Waals surface area contributed by atoms with E-state index in [9.17, 15) is 17.6 Å². The van der Waals surface area contributed by atoms with Crippen molar-refractivity contribution >= 4 is 44.8 Å². The van der Waals surface area contributed by atoms with E-state index >= 15 is 0 Å². The van der Waals surface area contributed by atoms with Gasteiger partial charge in [-0.2, -0.15) is 0 Å². The van der Waals surface area contributed by atoms with Crippen LogP contribution in [-0.2, 0) is 10.0 Å². The molecular weight excluding hydrogens is 450 g/mol. The Kier molecular flexibility index (Phi) is 7.52. The Labute approximate surface area is 185 Å². The van der Waals surface area contributed by atoms with Gasteiger partial charge < -0.3 is 5.32 Å². The number of rotatable bonds is 7. The van der Waals surface area contributed by atoms with Crippen LogP contribution in [0.15, 0.2) is 52.9 Å². The SMILES string of the molecule is O=C(Nc1ccc(S(=O)(=O)NCCC2=CCCCC2)cc1F)c1ccc(Cl)cc1Cl. The molecule has 0 radical (unpaired) electrons. The van der Waals surface area contributed by atoms with Crippen LogP contribution in [-0.4, -0.2) is 20.9 Å². The van der Waals surface area contributed by atoms with E-state index in [1.54, 1.807) is 0 Å².